The van der Waals surface area contributed by atoms with E-state index in [2.05, 4.69) is 36.4 Å². The molecule has 1 saturated heterocycles. The molecule has 1 fully saturated rings. The lowest BCUT2D eigenvalue weighted by molar-refractivity contribution is 0.141. The second kappa shape index (κ2) is 7.82. The Balaban J connectivity index is 1.63. The third kappa shape index (κ3) is 3.54. The van der Waals surface area contributed by atoms with Crippen LogP contribution >= 0.6 is 0 Å². The lowest BCUT2D eigenvalue weighted by Gasteiger charge is -2.27. The average molecular weight is 361 g/mol. The fourth-order valence-electron chi connectivity index (χ4n) is 3.57. The van der Waals surface area contributed by atoms with Gasteiger partial charge in [-0.25, -0.2) is 5.06 Å². The van der Waals surface area contributed by atoms with Gasteiger partial charge < -0.3 is 9.84 Å². The molecule has 1 aliphatic rings. The molecule has 0 bridgehead atoms. The number of rotatable bonds is 5. The minimum atomic E-state index is -0.0341. The molecule has 1 N–H and O–H groups in total. The van der Waals surface area contributed by atoms with E-state index in [1.807, 2.05) is 47.5 Å². The molecule has 3 aromatic rings. The van der Waals surface area contributed by atoms with E-state index in [1.165, 1.54) is 11.1 Å². The lowest BCUT2D eigenvalue weighted by atomic mass is 9.93. The van der Waals surface area contributed by atoms with Crippen LogP contribution in [0.2, 0.25) is 0 Å². The highest BCUT2D eigenvalue weighted by atomic mass is 16.7. The van der Waals surface area contributed by atoms with Crippen LogP contribution in [0.3, 0.4) is 0 Å². The number of hydrogen-bond acceptors (Lipinski definition) is 4. The summed E-state index contributed by atoms with van der Waals surface area (Å²) < 4.78 is 5.24. The zero-order valence-corrected chi connectivity index (χ0v) is 15.3. The Hall–Kier alpha value is -2.82. The maximum Gasteiger partial charge on any atom is 0.119 e. The summed E-state index contributed by atoms with van der Waals surface area (Å²) >= 11 is 0. The van der Waals surface area contributed by atoms with E-state index < -0.39 is 0 Å². The van der Waals surface area contributed by atoms with Crippen LogP contribution in [0.4, 0.5) is 5.69 Å². The van der Waals surface area contributed by atoms with E-state index >= 15 is 0 Å². The van der Waals surface area contributed by atoms with Gasteiger partial charge in [-0.15, -0.1) is 0 Å². The standard InChI is InChI=1S/C23H23NO3/c1-26-22-13-11-21(12-14-22)24-23(20(15-25)16-27-24)19-9-7-18(8-10-19)17-5-3-2-4-6-17/h2-14,20,23,25H,15-16H2,1H3. The Morgan fingerprint density at radius 1 is 0.926 bits per heavy atom. The summed E-state index contributed by atoms with van der Waals surface area (Å²) in [4.78, 5) is 5.93. The predicted octanol–water partition coefficient (Wildman–Crippen LogP) is 4.46. The number of benzene rings is 3. The summed E-state index contributed by atoms with van der Waals surface area (Å²) in [5, 5.41) is 11.8. The molecule has 0 amide bonds. The van der Waals surface area contributed by atoms with Crippen LogP contribution in [0.1, 0.15) is 11.6 Å². The molecule has 0 spiro atoms. The van der Waals surface area contributed by atoms with Gasteiger partial charge in [0, 0.05) is 5.92 Å². The van der Waals surface area contributed by atoms with Gasteiger partial charge >= 0.3 is 0 Å². The lowest BCUT2D eigenvalue weighted by Crippen LogP contribution is -2.25. The first kappa shape index (κ1) is 17.6. The topological polar surface area (TPSA) is 41.9 Å². The molecule has 27 heavy (non-hydrogen) atoms. The maximum absolute atomic E-state index is 9.85. The van der Waals surface area contributed by atoms with Crippen LogP contribution in [-0.4, -0.2) is 25.4 Å². The highest BCUT2D eigenvalue weighted by Crippen LogP contribution is 2.39. The Bertz CT molecular complexity index is 862. The molecule has 0 aromatic heterocycles. The highest BCUT2D eigenvalue weighted by molar-refractivity contribution is 5.64. The van der Waals surface area contributed by atoms with Crippen LogP contribution in [0.15, 0.2) is 78.9 Å². The van der Waals surface area contributed by atoms with Crippen LogP contribution in [0.25, 0.3) is 11.1 Å². The zero-order chi connectivity index (χ0) is 18.6. The van der Waals surface area contributed by atoms with Gasteiger partial charge in [0.05, 0.1) is 32.1 Å². The summed E-state index contributed by atoms with van der Waals surface area (Å²) in [6, 6.07) is 26.6. The quantitative estimate of drug-likeness (QED) is 0.728. The number of hydroxylamine groups is 1. The number of aliphatic hydroxyl groups excluding tert-OH is 1. The summed E-state index contributed by atoms with van der Waals surface area (Å²) in [5.74, 6) is 0.829. The number of aliphatic hydroxyl groups is 1. The number of ether oxygens (including phenoxy) is 1. The van der Waals surface area contributed by atoms with Crippen molar-refractivity contribution in [1.29, 1.82) is 0 Å². The fraction of sp³-hybridized carbons (Fsp3) is 0.217. The van der Waals surface area contributed by atoms with Crippen molar-refractivity contribution in [3.8, 4) is 16.9 Å². The van der Waals surface area contributed by atoms with Crippen molar-refractivity contribution < 1.29 is 14.7 Å². The highest BCUT2D eigenvalue weighted by Gasteiger charge is 2.36. The molecule has 0 aliphatic carbocycles. The first-order valence-electron chi connectivity index (χ1n) is 9.12. The Morgan fingerprint density at radius 3 is 2.22 bits per heavy atom. The molecular formula is C23H23NO3. The van der Waals surface area contributed by atoms with E-state index in [-0.39, 0.29) is 18.6 Å². The van der Waals surface area contributed by atoms with Gasteiger partial charge in [0.1, 0.15) is 5.75 Å². The summed E-state index contributed by atoms with van der Waals surface area (Å²) in [6.07, 6.45) is 0. The summed E-state index contributed by atoms with van der Waals surface area (Å²) in [7, 11) is 1.65. The van der Waals surface area contributed by atoms with E-state index in [0.717, 1.165) is 17.0 Å². The third-order valence-electron chi connectivity index (χ3n) is 5.05. The van der Waals surface area contributed by atoms with Gasteiger partial charge in [-0.1, -0.05) is 54.6 Å². The molecule has 3 aromatic carbocycles. The number of anilines is 1. The number of methoxy groups -OCH3 is 1. The molecule has 0 saturated carbocycles. The fourth-order valence-corrected chi connectivity index (χ4v) is 3.57. The molecule has 2 unspecified atom stereocenters. The Kier molecular flexibility index (Phi) is 5.10. The number of nitrogens with zero attached hydrogens (tertiary/aromatic N) is 1. The monoisotopic (exact) mass is 361 g/mol. The molecule has 138 valence electrons. The zero-order valence-electron chi connectivity index (χ0n) is 15.3. The molecule has 2 atom stereocenters. The first-order chi connectivity index (χ1) is 13.3. The van der Waals surface area contributed by atoms with Gasteiger partial charge in [0.15, 0.2) is 0 Å². The first-order valence-corrected chi connectivity index (χ1v) is 9.12. The third-order valence-corrected chi connectivity index (χ3v) is 5.05. The summed E-state index contributed by atoms with van der Waals surface area (Å²) in [5.41, 5.74) is 4.44. The van der Waals surface area contributed by atoms with Crippen molar-refractivity contribution in [2.24, 2.45) is 5.92 Å². The van der Waals surface area contributed by atoms with Gasteiger partial charge in [0.25, 0.3) is 0 Å². The van der Waals surface area contributed by atoms with E-state index in [0.29, 0.717) is 6.61 Å². The maximum atomic E-state index is 9.85. The normalized spacial score (nSPS) is 19.3. The predicted molar refractivity (Wildman–Crippen MR) is 107 cm³/mol. The van der Waals surface area contributed by atoms with Gasteiger partial charge in [-0.05, 0) is 41.0 Å². The minimum Gasteiger partial charge on any atom is -0.497 e. The summed E-state index contributed by atoms with van der Waals surface area (Å²) in [6.45, 7) is 0.575. The molecule has 0 radical (unpaired) electrons. The minimum absolute atomic E-state index is 0.0228. The molecule has 1 aliphatic heterocycles. The van der Waals surface area contributed by atoms with Gasteiger partial charge in [0.2, 0.25) is 0 Å². The van der Waals surface area contributed by atoms with E-state index in [9.17, 15) is 5.11 Å². The van der Waals surface area contributed by atoms with Crippen LogP contribution in [0.5, 0.6) is 5.75 Å². The molecule has 4 rings (SSSR count). The van der Waals surface area contributed by atoms with Crippen LogP contribution < -0.4 is 9.80 Å². The van der Waals surface area contributed by atoms with Crippen molar-refractivity contribution in [2.75, 3.05) is 25.4 Å². The van der Waals surface area contributed by atoms with Crippen molar-refractivity contribution in [1.82, 2.24) is 0 Å². The average Bonchev–Trinajstić information content (AvgIpc) is 3.18. The van der Waals surface area contributed by atoms with Crippen molar-refractivity contribution in [3.63, 3.8) is 0 Å². The van der Waals surface area contributed by atoms with Crippen LogP contribution in [0, 0.1) is 5.92 Å². The van der Waals surface area contributed by atoms with Crippen LogP contribution in [-0.2, 0) is 4.84 Å². The Morgan fingerprint density at radius 2 is 1.59 bits per heavy atom. The molecular weight excluding hydrogens is 338 g/mol. The smallest absolute Gasteiger partial charge is 0.119 e. The number of hydrogen-bond donors (Lipinski definition) is 1. The van der Waals surface area contributed by atoms with Gasteiger partial charge in [-0.2, -0.15) is 0 Å². The molecule has 4 nitrogen and oxygen atoms in total. The molecule has 4 heteroatoms. The van der Waals surface area contributed by atoms with E-state index in [1.54, 1.807) is 7.11 Å². The van der Waals surface area contributed by atoms with Gasteiger partial charge in [-0.3, -0.25) is 4.84 Å². The van der Waals surface area contributed by atoms with E-state index in [4.69, 9.17) is 9.57 Å². The van der Waals surface area contributed by atoms with Crippen molar-refractivity contribution in [3.05, 3.63) is 84.4 Å². The Labute approximate surface area is 159 Å². The second-order valence-corrected chi connectivity index (χ2v) is 6.70. The van der Waals surface area contributed by atoms with Crippen molar-refractivity contribution in [2.45, 2.75) is 6.04 Å². The van der Waals surface area contributed by atoms with Crippen molar-refractivity contribution >= 4 is 5.69 Å². The second-order valence-electron chi connectivity index (χ2n) is 6.70. The molecule has 1 heterocycles. The SMILES string of the molecule is COc1ccc(N2OCC(CO)C2c2ccc(-c3ccccc3)cc2)cc1. The largest absolute Gasteiger partial charge is 0.497 e.